The number of nitrogens with two attached hydrogens (primary N) is 1. The van der Waals surface area contributed by atoms with Crippen LogP contribution in [0.25, 0.3) is 0 Å². The molecular weight excluding hydrogens is 370 g/mol. The predicted octanol–water partition coefficient (Wildman–Crippen LogP) is 1.60. The van der Waals surface area contributed by atoms with Crippen LogP contribution in [0, 0.1) is 5.41 Å². The van der Waals surface area contributed by atoms with Crippen molar-refractivity contribution in [2.75, 3.05) is 31.7 Å². The third-order valence-corrected chi connectivity index (χ3v) is 5.19. The normalized spacial score (nSPS) is 21.1. The molecular formula is C19H28ClN3O4. The lowest BCUT2D eigenvalue weighted by Gasteiger charge is -2.34. The van der Waals surface area contributed by atoms with Gasteiger partial charge in [0.15, 0.2) is 0 Å². The van der Waals surface area contributed by atoms with Crippen LogP contribution in [0.15, 0.2) is 24.3 Å². The highest BCUT2D eigenvalue weighted by Crippen LogP contribution is 2.29. The number of nitrogens with one attached hydrogen (secondary N) is 2. The molecule has 0 aliphatic carbocycles. The quantitative estimate of drug-likeness (QED) is 0.676. The van der Waals surface area contributed by atoms with Gasteiger partial charge in [0, 0.05) is 38.6 Å². The summed E-state index contributed by atoms with van der Waals surface area (Å²) >= 11 is 0. The fourth-order valence-electron chi connectivity index (χ4n) is 3.42. The zero-order chi connectivity index (χ0) is 18.4. The molecule has 1 aromatic rings. The highest BCUT2D eigenvalue weighted by atomic mass is 35.5. The predicted molar refractivity (Wildman–Crippen MR) is 105 cm³/mol. The van der Waals surface area contributed by atoms with Gasteiger partial charge in [-0.1, -0.05) is 12.1 Å². The van der Waals surface area contributed by atoms with Crippen LogP contribution >= 0.6 is 12.4 Å². The van der Waals surface area contributed by atoms with Gasteiger partial charge in [0.1, 0.15) is 6.10 Å². The number of ether oxygens (including phenoxy) is 2. The van der Waals surface area contributed by atoms with Gasteiger partial charge >= 0.3 is 0 Å². The standard InChI is InChI=1S/C19H27N3O4.ClH/c20-13-19(6-9-25-10-7-19)18(24)21-12-14-3-1-4-15(11-14)22-17(23)16-5-2-8-26-16;/h1,3-4,11,16H,2,5-10,12-13,20H2,(H,21,24)(H,22,23);1H. The highest BCUT2D eigenvalue weighted by Gasteiger charge is 2.38. The van der Waals surface area contributed by atoms with Crippen LogP contribution in [-0.2, 0) is 25.6 Å². The number of anilines is 1. The maximum Gasteiger partial charge on any atom is 0.253 e. The van der Waals surface area contributed by atoms with E-state index in [2.05, 4.69) is 10.6 Å². The van der Waals surface area contributed by atoms with Crippen LogP contribution in [0.1, 0.15) is 31.2 Å². The number of halogens is 1. The van der Waals surface area contributed by atoms with Gasteiger partial charge in [-0.2, -0.15) is 0 Å². The second-order valence-electron chi connectivity index (χ2n) is 6.97. The number of hydrogen-bond acceptors (Lipinski definition) is 5. The summed E-state index contributed by atoms with van der Waals surface area (Å²) < 4.78 is 10.7. The van der Waals surface area contributed by atoms with Gasteiger partial charge in [-0.15, -0.1) is 12.4 Å². The molecule has 2 heterocycles. The molecule has 4 N–H and O–H groups in total. The molecule has 2 aliphatic rings. The van der Waals surface area contributed by atoms with Crippen molar-refractivity contribution >= 4 is 29.9 Å². The highest BCUT2D eigenvalue weighted by molar-refractivity contribution is 5.94. The lowest BCUT2D eigenvalue weighted by molar-refractivity contribution is -0.136. The first-order chi connectivity index (χ1) is 12.6. The molecule has 0 radical (unpaired) electrons. The van der Waals surface area contributed by atoms with E-state index in [0.29, 0.717) is 51.4 Å². The number of carbonyl (C=O) groups is 2. The fraction of sp³-hybridized carbons (Fsp3) is 0.579. The van der Waals surface area contributed by atoms with Crippen LogP contribution in [0.3, 0.4) is 0 Å². The van der Waals surface area contributed by atoms with Crippen molar-refractivity contribution in [2.24, 2.45) is 11.1 Å². The topological polar surface area (TPSA) is 103 Å². The molecule has 0 aromatic heterocycles. The van der Waals surface area contributed by atoms with Gasteiger partial charge in [0.2, 0.25) is 5.91 Å². The summed E-state index contributed by atoms with van der Waals surface area (Å²) in [6.45, 7) is 2.48. The molecule has 2 fully saturated rings. The van der Waals surface area contributed by atoms with Crippen LogP contribution in [-0.4, -0.2) is 44.3 Å². The van der Waals surface area contributed by atoms with Gasteiger partial charge in [-0.05, 0) is 43.4 Å². The Kier molecular flexibility index (Phi) is 8.04. The number of amides is 2. The van der Waals surface area contributed by atoms with Crippen molar-refractivity contribution in [3.05, 3.63) is 29.8 Å². The Balaban J connectivity index is 0.00000261. The van der Waals surface area contributed by atoms with Crippen molar-refractivity contribution in [2.45, 2.75) is 38.3 Å². The SMILES string of the molecule is Cl.NCC1(C(=O)NCc2cccc(NC(=O)C3CCCO3)c2)CCOCC1. The first-order valence-corrected chi connectivity index (χ1v) is 9.20. The van der Waals surface area contributed by atoms with E-state index in [0.717, 1.165) is 18.4 Å². The molecule has 0 spiro atoms. The van der Waals surface area contributed by atoms with Crippen molar-refractivity contribution in [1.29, 1.82) is 0 Å². The van der Waals surface area contributed by atoms with Gasteiger partial charge in [-0.3, -0.25) is 9.59 Å². The zero-order valence-corrected chi connectivity index (χ0v) is 16.2. The van der Waals surface area contributed by atoms with Crippen LogP contribution in [0.4, 0.5) is 5.69 Å². The maximum absolute atomic E-state index is 12.6. The van der Waals surface area contributed by atoms with Gasteiger partial charge in [-0.25, -0.2) is 0 Å². The molecule has 2 saturated heterocycles. The van der Waals surface area contributed by atoms with Crippen LogP contribution in [0.2, 0.25) is 0 Å². The monoisotopic (exact) mass is 397 g/mol. The Morgan fingerprint density at radius 1 is 1.22 bits per heavy atom. The number of benzene rings is 1. The van der Waals surface area contributed by atoms with Crippen LogP contribution in [0.5, 0.6) is 0 Å². The minimum atomic E-state index is -0.538. The summed E-state index contributed by atoms with van der Waals surface area (Å²) in [4.78, 5) is 24.8. The summed E-state index contributed by atoms with van der Waals surface area (Å²) in [6, 6.07) is 7.48. The Hall–Kier alpha value is -1.67. The first kappa shape index (κ1) is 21.6. The Morgan fingerprint density at radius 3 is 2.67 bits per heavy atom. The van der Waals surface area contributed by atoms with E-state index in [-0.39, 0.29) is 30.3 Å². The summed E-state index contributed by atoms with van der Waals surface area (Å²) in [5.41, 5.74) is 6.96. The molecule has 2 amide bonds. The molecule has 7 nitrogen and oxygen atoms in total. The van der Waals surface area contributed by atoms with Crippen molar-refractivity contribution < 1.29 is 19.1 Å². The summed E-state index contributed by atoms with van der Waals surface area (Å²) in [5.74, 6) is -0.148. The molecule has 1 aromatic carbocycles. The van der Waals surface area contributed by atoms with E-state index in [1.54, 1.807) is 0 Å². The Labute approximate surface area is 165 Å². The van der Waals surface area contributed by atoms with Gasteiger partial charge < -0.3 is 25.8 Å². The second-order valence-corrected chi connectivity index (χ2v) is 6.97. The summed E-state index contributed by atoms with van der Waals surface area (Å²) in [7, 11) is 0. The maximum atomic E-state index is 12.6. The molecule has 3 rings (SSSR count). The lowest BCUT2D eigenvalue weighted by Crippen LogP contribution is -2.48. The fourth-order valence-corrected chi connectivity index (χ4v) is 3.42. The molecule has 0 bridgehead atoms. The Bertz CT molecular complexity index is 644. The first-order valence-electron chi connectivity index (χ1n) is 9.20. The van der Waals surface area contributed by atoms with Crippen molar-refractivity contribution in [3.8, 4) is 0 Å². The van der Waals surface area contributed by atoms with Crippen molar-refractivity contribution in [1.82, 2.24) is 5.32 Å². The van der Waals surface area contributed by atoms with Crippen molar-refractivity contribution in [3.63, 3.8) is 0 Å². The summed E-state index contributed by atoms with van der Waals surface area (Å²) in [5, 5.41) is 5.86. The number of carbonyl (C=O) groups excluding carboxylic acids is 2. The Morgan fingerprint density at radius 2 is 2.00 bits per heavy atom. The number of hydrogen-bond donors (Lipinski definition) is 3. The smallest absolute Gasteiger partial charge is 0.253 e. The average molecular weight is 398 g/mol. The largest absolute Gasteiger partial charge is 0.381 e. The third-order valence-electron chi connectivity index (χ3n) is 5.19. The molecule has 27 heavy (non-hydrogen) atoms. The minimum absolute atomic E-state index is 0. The third kappa shape index (κ3) is 5.42. The van der Waals surface area contributed by atoms with E-state index in [4.69, 9.17) is 15.2 Å². The molecule has 0 saturated carbocycles. The number of rotatable bonds is 6. The van der Waals surface area contributed by atoms with E-state index in [9.17, 15) is 9.59 Å². The van der Waals surface area contributed by atoms with Gasteiger partial charge in [0.25, 0.3) is 5.91 Å². The lowest BCUT2D eigenvalue weighted by atomic mass is 9.79. The summed E-state index contributed by atoms with van der Waals surface area (Å²) in [6.07, 6.45) is 2.60. The zero-order valence-electron chi connectivity index (χ0n) is 15.4. The second kappa shape index (κ2) is 10.0. The van der Waals surface area contributed by atoms with Gasteiger partial charge in [0.05, 0.1) is 5.41 Å². The van der Waals surface area contributed by atoms with E-state index < -0.39 is 5.41 Å². The minimum Gasteiger partial charge on any atom is -0.381 e. The molecule has 1 atom stereocenters. The average Bonchev–Trinajstić information content (AvgIpc) is 3.22. The molecule has 2 aliphatic heterocycles. The molecule has 8 heteroatoms. The van der Waals surface area contributed by atoms with E-state index >= 15 is 0 Å². The molecule has 1 unspecified atom stereocenters. The van der Waals surface area contributed by atoms with E-state index in [1.165, 1.54) is 0 Å². The van der Waals surface area contributed by atoms with E-state index in [1.807, 2.05) is 24.3 Å². The molecule has 150 valence electrons. The van der Waals surface area contributed by atoms with Crippen LogP contribution < -0.4 is 16.4 Å².